The van der Waals surface area contributed by atoms with Crippen molar-refractivity contribution in [2.45, 2.75) is 24.3 Å². The van der Waals surface area contributed by atoms with Crippen molar-refractivity contribution in [2.75, 3.05) is 0 Å². The maximum Gasteiger partial charge on any atom is 0.277 e. The zero-order valence-electron chi connectivity index (χ0n) is 13.8. The Morgan fingerprint density at radius 1 is 1.15 bits per heavy atom. The molecule has 3 heterocycles. The molecular weight excluding hydrogens is 390 g/mol. The molecule has 0 amide bonds. The van der Waals surface area contributed by atoms with Crippen LogP contribution in [0.25, 0.3) is 11.5 Å². The van der Waals surface area contributed by atoms with E-state index in [1.807, 2.05) is 37.3 Å². The minimum atomic E-state index is 0.473. The summed E-state index contributed by atoms with van der Waals surface area (Å²) in [5.74, 6) is 1.92. The third-order valence-electron chi connectivity index (χ3n) is 3.71. The van der Waals surface area contributed by atoms with Crippen molar-refractivity contribution in [3.63, 3.8) is 0 Å². The van der Waals surface area contributed by atoms with Crippen molar-refractivity contribution >= 4 is 34.7 Å². The molecule has 0 saturated heterocycles. The summed E-state index contributed by atoms with van der Waals surface area (Å²) in [5, 5.41) is 12.6. The smallest absolute Gasteiger partial charge is 0.277 e. The van der Waals surface area contributed by atoms with Gasteiger partial charge in [-0.15, -0.1) is 21.5 Å². The molecule has 0 fully saturated rings. The summed E-state index contributed by atoms with van der Waals surface area (Å²) in [4.78, 5) is 4.67. The van der Waals surface area contributed by atoms with Gasteiger partial charge in [0.25, 0.3) is 11.1 Å². The van der Waals surface area contributed by atoms with Gasteiger partial charge in [-0.1, -0.05) is 35.5 Å². The lowest BCUT2D eigenvalue weighted by molar-refractivity contribution is 0.463. The van der Waals surface area contributed by atoms with Gasteiger partial charge in [-0.25, -0.2) is 4.98 Å². The summed E-state index contributed by atoms with van der Waals surface area (Å²) < 4.78 is 11.0. The third-order valence-corrected chi connectivity index (χ3v) is 5.71. The highest BCUT2D eigenvalue weighted by Gasteiger charge is 2.14. The standard InChI is InChI=1S/C18H14ClN3O2S2/c1-11-15(6-7-23-11)17-21-22-18(24-17)26-10-14-9-25-16(20-14)8-12-2-4-13(19)5-3-12/h2-7,9H,8,10H2,1H3. The lowest BCUT2D eigenvalue weighted by Gasteiger charge is -1.98. The van der Waals surface area contributed by atoms with E-state index >= 15 is 0 Å². The lowest BCUT2D eigenvalue weighted by Crippen LogP contribution is -1.88. The summed E-state index contributed by atoms with van der Waals surface area (Å²) in [6.45, 7) is 1.86. The van der Waals surface area contributed by atoms with Crippen LogP contribution in [0.3, 0.4) is 0 Å². The van der Waals surface area contributed by atoms with Crippen molar-refractivity contribution in [3.8, 4) is 11.5 Å². The molecule has 5 nitrogen and oxygen atoms in total. The summed E-state index contributed by atoms with van der Waals surface area (Å²) in [7, 11) is 0. The second kappa shape index (κ2) is 7.65. The molecule has 8 heteroatoms. The van der Waals surface area contributed by atoms with Gasteiger partial charge in [0.2, 0.25) is 0 Å². The zero-order chi connectivity index (χ0) is 17.9. The van der Waals surface area contributed by atoms with Crippen LogP contribution in [0.5, 0.6) is 0 Å². The molecule has 26 heavy (non-hydrogen) atoms. The first kappa shape index (κ1) is 17.3. The minimum absolute atomic E-state index is 0.473. The van der Waals surface area contributed by atoms with E-state index in [4.69, 9.17) is 20.4 Å². The van der Waals surface area contributed by atoms with Crippen LogP contribution < -0.4 is 0 Å². The first-order valence-corrected chi connectivity index (χ1v) is 10.1. The number of thiazole rings is 1. The van der Waals surface area contributed by atoms with E-state index in [2.05, 4.69) is 20.6 Å². The minimum Gasteiger partial charge on any atom is -0.469 e. The predicted molar refractivity (Wildman–Crippen MR) is 103 cm³/mol. The fraction of sp³-hybridized carbons (Fsp3) is 0.167. The number of nitrogens with zero attached hydrogens (tertiary/aromatic N) is 3. The Morgan fingerprint density at radius 2 is 2.00 bits per heavy atom. The van der Waals surface area contributed by atoms with Crippen molar-refractivity contribution in [1.82, 2.24) is 15.2 Å². The number of hydrogen-bond donors (Lipinski definition) is 0. The van der Waals surface area contributed by atoms with Gasteiger partial charge in [0, 0.05) is 22.6 Å². The predicted octanol–water partition coefficient (Wildman–Crippen LogP) is 5.63. The van der Waals surface area contributed by atoms with Crippen LogP contribution in [0.1, 0.15) is 22.0 Å². The van der Waals surface area contributed by atoms with Crippen molar-refractivity contribution in [2.24, 2.45) is 0 Å². The van der Waals surface area contributed by atoms with Gasteiger partial charge in [-0.05, 0) is 30.7 Å². The molecule has 4 aromatic rings. The van der Waals surface area contributed by atoms with Crippen molar-refractivity contribution in [1.29, 1.82) is 0 Å². The van der Waals surface area contributed by atoms with Crippen LogP contribution >= 0.6 is 34.7 Å². The average molecular weight is 404 g/mol. The Bertz CT molecular complexity index is 1010. The number of hydrogen-bond acceptors (Lipinski definition) is 7. The van der Waals surface area contributed by atoms with Crippen LogP contribution in [0.2, 0.25) is 5.02 Å². The number of furan rings is 1. The van der Waals surface area contributed by atoms with E-state index in [1.165, 1.54) is 17.3 Å². The van der Waals surface area contributed by atoms with Gasteiger partial charge >= 0.3 is 0 Å². The second-order valence-corrected chi connectivity index (χ2v) is 7.89. The molecule has 3 aromatic heterocycles. The highest BCUT2D eigenvalue weighted by molar-refractivity contribution is 7.98. The van der Waals surface area contributed by atoms with Gasteiger partial charge in [-0.2, -0.15) is 0 Å². The Labute approximate surface area is 163 Å². The van der Waals surface area contributed by atoms with E-state index in [0.29, 0.717) is 16.9 Å². The van der Waals surface area contributed by atoms with Gasteiger partial charge in [0.15, 0.2) is 0 Å². The van der Waals surface area contributed by atoms with E-state index in [1.54, 1.807) is 17.6 Å². The first-order valence-electron chi connectivity index (χ1n) is 7.86. The SMILES string of the molecule is Cc1occc1-c1nnc(SCc2csc(Cc3ccc(Cl)cc3)n2)o1. The molecule has 0 spiro atoms. The fourth-order valence-electron chi connectivity index (χ4n) is 2.39. The van der Waals surface area contributed by atoms with Crippen LogP contribution in [0.4, 0.5) is 0 Å². The molecule has 0 radical (unpaired) electrons. The van der Waals surface area contributed by atoms with Crippen LogP contribution in [-0.4, -0.2) is 15.2 Å². The molecule has 0 atom stereocenters. The number of halogens is 1. The van der Waals surface area contributed by atoms with Gasteiger partial charge < -0.3 is 8.83 Å². The quantitative estimate of drug-likeness (QED) is 0.388. The second-order valence-electron chi connectivity index (χ2n) is 5.59. The molecule has 1 aromatic carbocycles. The average Bonchev–Trinajstić information content (AvgIpc) is 3.36. The Hall–Kier alpha value is -2.09. The largest absolute Gasteiger partial charge is 0.469 e. The Morgan fingerprint density at radius 3 is 2.77 bits per heavy atom. The van der Waals surface area contributed by atoms with E-state index in [-0.39, 0.29) is 0 Å². The molecule has 4 rings (SSSR count). The molecule has 0 unspecified atom stereocenters. The summed E-state index contributed by atoms with van der Waals surface area (Å²) >= 11 is 9.05. The van der Waals surface area contributed by atoms with E-state index in [9.17, 15) is 0 Å². The Balaban J connectivity index is 1.37. The Kier molecular flexibility index (Phi) is 5.10. The summed E-state index contributed by atoms with van der Waals surface area (Å²) in [5.41, 5.74) is 3.02. The number of aryl methyl sites for hydroxylation is 1. The molecule has 0 saturated carbocycles. The summed E-state index contributed by atoms with van der Waals surface area (Å²) in [6.07, 6.45) is 2.41. The van der Waals surface area contributed by atoms with E-state index < -0.39 is 0 Å². The van der Waals surface area contributed by atoms with Crippen molar-refractivity contribution < 1.29 is 8.83 Å². The number of thioether (sulfide) groups is 1. The monoisotopic (exact) mass is 403 g/mol. The lowest BCUT2D eigenvalue weighted by atomic mass is 10.2. The molecule has 0 N–H and O–H groups in total. The fourth-order valence-corrected chi connectivity index (χ4v) is 4.11. The zero-order valence-corrected chi connectivity index (χ0v) is 16.2. The maximum absolute atomic E-state index is 5.92. The van der Waals surface area contributed by atoms with Crippen LogP contribution in [0, 0.1) is 6.92 Å². The molecule has 0 aliphatic heterocycles. The topological polar surface area (TPSA) is 65.0 Å². The molecule has 0 bridgehead atoms. The summed E-state index contributed by atoms with van der Waals surface area (Å²) in [6, 6.07) is 9.67. The van der Waals surface area contributed by atoms with Gasteiger partial charge in [-0.3, -0.25) is 0 Å². The molecule has 0 aliphatic carbocycles. The number of aromatic nitrogens is 3. The van der Waals surface area contributed by atoms with Crippen LogP contribution in [-0.2, 0) is 12.2 Å². The third kappa shape index (κ3) is 4.00. The molecule has 0 aliphatic rings. The van der Waals surface area contributed by atoms with Crippen molar-refractivity contribution in [3.05, 3.63) is 69.0 Å². The number of rotatable bonds is 6. The highest BCUT2D eigenvalue weighted by atomic mass is 35.5. The highest BCUT2D eigenvalue weighted by Crippen LogP contribution is 2.28. The number of benzene rings is 1. The first-order chi connectivity index (χ1) is 12.7. The molecular formula is C18H14ClN3O2S2. The molecule has 132 valence electrons. The maximum atomic E-state index is 5.92. The van der Waals surface area contributed by atoms with Gasteiger partial charge in [0.1, 0.15) is 5.76 Å². The van der Waals surface area contributed by atoms with Gasteiger partial charge in [0.05, 0.1) is 22.5 Å². The van der Waals surface area contributed by atoms with E-state index in [0.717, 1.165) is 33.5 Å². The normalized spacial score (nSPS) is 11.2. The van der Waals surface area contributed by atoms with Crippen LogP contribution in [0.15, 0.2) is 56.0 Å².